The number of para-hydroxylation sites is 1. The van der Waals surface area contributed by atoms with Gasteiger partial charge in [0.15, 0.2) is 0 Å². The zero-order chi connectivity index (χ0) is 19.8. The number of hydrogen-bond donors (Lipinski definition) is 0. The van der Waals surface area contributed by atoms with Gasteiger partial charge in [-0.05, 0) is 31.9 Å². The molecule has 0 saturated carbocycles. The van der Waals surface area contributed by atoms with Crippen molar-refractivity contribution in [2.45, 2.75) is 32.2 Å². The van der Waals surface area contributed by atoms with Gasteiger partial charge >= 0.3 is 6.03 Å². The molecule has 27 heavy (non-hydrogen) atoms. The number of fused-ring (bicyclic) bond motifs is 1. The number of hydrogen-bond acceptors (Lipinski definition) is 3. The second kappa shape index (κ2) is 7.21. The maximum atomic E-state index is 13.1. The van der Waals surface area contributed by atoms with Gasteiger partial charge in [-0.3, -0.25) is 9.59 Å². The first-order valence-electron chi connectivity index (χ1n) is 9.35. The van der Waals surface area contributed by atoms with E-state index in [1.54, 1.807) is 33.7 Å². The number of piperazine rings is 1. The Labute approximate surface area is 160 Å². The molecule has 0 N–H and O–H groups in total. The lowest BCUT2D eigenvalue weighted by Crippen LogP contribution is -2.64. The molecule has 2 heterocycles. The number of urea groups is 1. The van der Waals surface area contributed by atoms with Crippen molar-refractivity contribution in [2.24, 2.45) is 0 Å². The Balaban J connectivity index is 1.73. The number of nitrogens with zero attached hydrogens (tertiary/aromatic N) is 4. The number of benzene rings is 1. The van der Waals surface area contributed by atoms with E-state index in [-0.39, 0.29) is 24.4 Å². The van der Waals surface area contributed by atoms with Gasteiger partial charge in [0.25, 0.3) is 0 Å². The van der Waals surface area contributed by atoms with Crippen LogP contribution in [-0.2, 0) is 16.0 Å². The number of amides is 4. The van der Waals surface area contributed by atoms with Crippen LogP contribution in [0.25, 0.3) is 0 Å². The summed E-state index contributed by atoms with van der Waals surface area (Å²) in [5.41, 5.74) is 1.45. The lowest BCUT2D eigenvalue weighted by molar-refractivity contribution is -0.139. The predicted octanol–water partition coefficient (Wildman–Crippen LogP) is 1.57. The fraction of sp³-hybridized carbons (Fsp3) is 0.550. The van der Waals surface area contributed by atoms with Crippen LogP contribution in [-0.4, -0.2) is 78.4 Å². The third-order valence-electron chi connectivity index (χ3n) is 5.34. The summed E-state index contributed by atoms with van der Waals surface area (Å²) in [4.78, 5) is 44.5. The molecule has 0 aliphatic carbocycles. The minimum atomic E-state index is -0.487. The number of carbonyl (C=O) groups excluding carboxylic acids is 3. The Hall–Kier alpha value is -2.57. The van der Waals surface area contributed by atoms with Gasteiger partial charge in [0.2, 0.25) is 11.8 Å². The van der Waals surface area contributed by atoms with Crippen LogP contribution < -0.4 is 4.90 Å². The van der Waals surface area contributed by atoms with Gasteiger partial charge in [-0.2, -0.15) is 0 Å². The molecule has 1 aromatic rings. The molecule has 3 rings (SSSR count). The second-order valence-electron chi connectivity index (χ2n) is 8.06. The molecule has 146 valence electrons. The minimum absolute atomic E-state index is 0.0127. The zero-order valence-electron chi connectivity index (χ0n) is 16.6. The van der Waals surface area contributed by atoms with Crippen LogP contribution in [0, 0.1) is 0 Å². The molecule has 1 aromatic carbocycles. The molecule has 1 fully saturated rings. The molecule has 0 radical (unpaired) electrons. The molecule has 2 aliphatic heterocycles. The Morgan fingerprint density at radius 2 is 1.81 bits per heavy atom. The van der Waals surface area contributed by atoms with E-state index in [9.17, 15) is 14.4 Å². The summed E-state index contributed by atoms with van der Waals surface area (Å²) < 4.78 is 0. The smallest absolute Gasteiger partial charge is 0.319 e. The number of carbonyl (C=O) groups is 3. The summed E-state index contributed by atoms with van der Waals surface area (Å²) in [5, 5.41) is 0. The van der Waals surface area contributed by atoms with Crippen molar-refractivity contribution in [2.75, 3.05) is 45.2 Å². The van der Waals surface area contributed by atoms with Crippen LogP contribution in [0.1, 0.15) is 25.8 Å². The van der Waals surface area contributed by atoms with Crippen LogP contribution in [0.15, 0.2) is 24.3 Å². The maximum absolute atomic E-state index is 13.1. The SMILES string of the molecule is CN(C)C(=O)N1CCN(C(=O)CN2C(=O)CCc3ccccc32)C(C)(C)C1. The molecule has 0 aromatic heterocycles. The van der Waals surface area contributed by atoms with E-state index in [0.29, 0.717) is 26.1 Å². The van der Waals surface area contributed by atoms with E-state index in [1.807, 2.05) is 38.1 Å². The van der Waals surface area contributed by atoms with Gasteiger partial charge in [-0.25, -0.2) is 4.79 Å². The van der Waals surface area contributed by atoms with Gasteiger partial charge in [0, 0.05) is 45.8 Å². The number of anilines is 1. The molecule has 7 nitrogen and oxygen atoms in total. The van der Waals surface area contributed by atoms with E-state index in [2.05, 4.69) is 0 Å². The van der Waals surface area contributed by atoms with E-state index in [1.165, 1.54) is 0 Å². The summed E-state index contributed by atoms with van der Waals surface area (Å²) in [5.74, 6) is -0.0942. The van der Waals surface area contributed by atoms with Crippen molar-refractivity contribution in [3.8, 4) is 0 Å². The molecule has 0 unspecified atom stereocenters. The lowest BCUT2D eigenvalue weighted by Gasteiger charge is -2.48. The van der Waals surface area contributed by atoms with Crippen molar-refractivity contribution in [3.05, 3.63) is 29.8 Å². The summed E-state index contributed by atoms with van der Waals surface area (Å²) >= 11 is 0. The van der Waals surface area contributed by atoms with Gasteiger partial charge < -0.3 is 19.6 Å². The highest BCUT2D eigenvalue weighted by atomic mass is 16.2. The van der Waals surface area contributed by atoms with Gasteiger partial charge in [-0.1, -0.05) is 18.2 Å². The van der Waals surface area contributed by atoms with E-state index in [4.69, 9.17) is 0 Å². The van der Waals surface area contributed by atoms with Crippen molar-refractivity contribution in [1.29, 1.82) is 0 Å². The first-order valence-corrected chi connectivity index (χ1v) is 9.35. The van der Waals surface area contributed by atoms with Crippen LogP contribution in [0.5, 0.6) is 0 Å². The fourth-order valence-electron chi connectivity index (χ4n) is 3.95. The normalized spacial score (nSPS) is 19.0. The Bertz CT molecular complexity index is 759. The van der Waals surface area contributed by atoms with E-state index >= 15 is 0 Å². The number of rotatable bonds is 2. The number of aryl methyl sites for hydroxylation is 1. The van der Waals surface area contributed by atoms with Crippen molar-refractivity contribution >= 4 is 23.5 Å². The molecule has 0 bridgehead atoms. The molecule has 7 heteroatoms. The summed E-state index contributed by atoms with van der Waals surface area (Å²) in [6, 6.07) is 7.71. The van der Waals surface area contributed by atoms with Gasteiger partial charge in [0.1, 0.15) is 6.54 Å². The highest BCUT2D eigenvalue weighted by Crippen LogP contribution is 2.28. The maximum Gasteiger partial charge on any atom is 0.319 e. The monoisotopic (exact) mass is 372 g/mol. The second-order valence-corrected chi connectivity index (χ2v) is 8.06. The van der Waals surface area contributed by atoms with E-state index < -0.39 is 5.54 Å². The van der Waals surface area contributed by atoms with E-state index in [0.717, 1.165) is 17.7 Å². The molecular formula is C20H28N4O3. The van der Waals surface area contributed by atoms with Crippen molar-refractivity contribution < 1.29 is 14.4 Å². The zero-order valence-corrected chi connectivity index (χ0v) is 16.6. The fourth-order valence-corrected chi connectivity index (χ4v) is 3.95. The third kappa shape index (κ3) is 3.77. The molecule has 4 amide bonds. The molecular weight excluding hydrogens is 344 g/mol. The minimum Gasteiger partial charge on any atom is -0.332 e. The highest BCUT2D eigenvalue weighted by Gasteiger charge is 2.39. The lowest BCUT2D eigenvalue weighted by atomic mass is 9.98. The third-order valence-corrected chi connectivity index (χ3v) is 5.34. The molecule has 0 atom stereocenters. The van der Waals surface area contributed by atoms with Crippen LogP contribution in [0.2, 0.25) is 0 Å². The average Bonchev–Trinajstić information content (AvgIpc) is 2.62. The van der Waals surface area contributed by atoms with Crippen LogP contribution in [0.4, 0.5) is 10.5 Å². The first kappa shape index (κ1) is 19.2. The molecule has 1 saturated heterocycles. The Morgan fingerprint density at radius 3 is 2.48 bits per heavy atom. The summed E-state index contributed by atoms with van der Waals surface area (Å²) in [6.45, 7) is 5.41. The highest BCUT2D eigenvalue weighted by molar-refractivity contribution is 6.01. The topological polar surface area (TPSA) is 64.2 Å². The molecule has 0 spiro atoms. The predicted molar refractivity (Wildman–Crippen MR) is 104 cm³/mol. The van der Waals surface area contributed by atoms with Crippen molar-refractivity contribution in [1.82, 2.24) is 14.7 Å². The Kier molecular flexibility index (Phi) is 5.13. The van der Waals surface area contributed by atoms with Crippen molar-refractivity contribution in [3.63, 3.8) is 0 Å². The van der Waals surface area contributed by atoms with Crippen LogP contribution in [0.3, 0.4) is 0 Å². The average molecular weight is 372 g/mol. The quantitative estimate of drug-likeness (QED) is 0.792. The van der Waals surface area contributed by atoms with Gasteiger partial charge in [0.05, 0.1) is 5.54 Å². The molecule has 2 aliphatic rings. The van der Waals surface area contributed by atoms with Gasteiger partial charge in [-0.15, -0.1) is 0 Å². The first-order chi connectivity index (χ1) is 12.7. The largest absolute Gasteiger partial charge is 0.332 e. The summed E-state index contributed by atoms with van der Waals surface area (Å²) in [6.07, 6.45) is 1.15. The standard InChI is InChI=1S/C20H28N4O3/c1-20(2)14-22(19(27)21(3)4)11-12-24(20)18(26)13-23-16-8-6-5-7-15(16)9-10-17(23)25/h5-8H,9-14H2,1-4H3. The summed E-state index contributed by atoms with van der Waals surface area (Å²) in [7, 11) is 3.46. The van der Waals surface area contributed by atoms with Crippen LogP contribution >= 0.6 is 0 Å². The Morgan fingerprint density at radius 1 is 1.11 bits per heavy atom.